The summed E-state index contributed by atoms with van der Waals surface area (Å²) in [6, 6.07) is 3.56. The van der Waals surface area contributed by atoms with Crippen molar-refractivity contribution in [1.29, 1.82) is 5.26 Å². The van der Waals surface area contributed by atoms with E-state index in [0.29, 0.717) is 22.8 Å². The second-order valence-corrected chi connectivity index (χ2v) is 4.53. The van der Waals surface area contributed by atoms with Crippen LogP contribution in [-0.4, -0.2) is 38.4 Å². The molecule has 0 saturated heterocycles. The van der Waals surface area contributed by atoms with E-state index in [2.05, 4.69) is 9.97 Å². The van der Waals surface area contributed by atoms with Gasteiger partial charge in [-0.25, -0.2) is 4.98 Å². The van der Waals surface area contributed by atoms with Crippen LogP contribution in [0.15, 0.2) is 6.07 Å². The van der Waals surface area contributed by atoms with Crippen LogP contribution in [0.1, 0.15) is 5.56 Å². The number of nitrogen functional groups attached to an aromatic ring is 2. The van der Waals surface area contributed by atoms with Gasteiger partial charge in [-0.15, -0.1) is 0 Å². The van der Waals surface area contributed by atoms with E-state index in [1.807, 2.05) is 6.07 Å². The maximum absolute atomic E-state index is 9.42. The maximum atomic E-state index is 9.42. The number of nitrogens with two attached hydrogens (primary N) is 2. The minimum absolute atomic E-state index is 0.0427. The number of hydrogen-bond acceptors (Lipinski definition) is 9. The molecule has 1 heterocycles. The van der Waals surface area contributed by atoms with Crippen LogP contribution in [0.3, 0.4) is 0 Å². The fourth-order valence-electron chi connectivity index (χ4n) is 2.31. The zero-order valence-electron chi connectivity index (χ0n) is 13.7. The van der Waals surface area contributed by atoms with Gasteiger partial charge in [0.25, 0.3) is 0 Å². The summed E-state index contributed by atoms with van der Waals surface area (Å²) in [4.78, 5) is 7.93. The Bertz CT molecular complexity index is 817. The van der Waals surface area contributed by atoms with Crippen molar-refractivity contribution in [1.82, 2.24) is 9.97 Å². The maximum Gasteiger partial charge on any atom is 0.222 e. The molecule has 9 heteroatoms. The Labute approximate surface area is 138 Å². The Hall–Kier alpha value is -3.41. The molecule has 2 aromatic rings. The van der Waals surface area contributed by atoms with Crippen LogP contribution in [0.2, 0.25) is 0 Å². The van der Waals surface area contributed by atoms with E-state index >= 15 is 0 Å². The standard InChI is InChI=1S/C15H17N5O4/c1-21-8-5-9(22-2)12(23-3)13(24-4)10(8)11-7(6-16)14(17)20-15(18)19-11/h5H,1-4H3,(H4,17,18,19,20). The SMILES string of the molecule is COc1cc(OC)c(-c2nc(N)nc(N)c2C#N)c(OC)c1OC. The third-order valence-corrected chi connectivity index (χ3v) is 3.32. The van der Waals surface area contributed by atoms with Gasteiger partial charge in [0.1, 0.15) is 28.9 Å². The lowest BCUT2D eigenvalue weighted by Gasteiger charge is -2.19. The summed E-state index contributed by atoms with van der Waals surface area (Å²) in [6.45, 7) is 0. The average Bonchev–Trinajstić information content (AvgIpc) is 2.58. The van der Waals surface area contributed by atoms with Crippen LogP contribution in [0.25, 0.3) is 11.3 Å². The van der Waals surface area contributed by atoms with E-state index in [-0.39, 0.29) is 28.8 Å². The van der Waals surface area contributed by atoms with Crippen LogP contribution < -0.4 is 30.4 Å². The first kappa shape index (κ1) is 17.0. The third-order valence-electron chi connectivity index (χ3n) is 3.32. The number of aromatic nitrogens is 2. The Balaban J connectivity index is 2.96. The summed E-state index contributed by atoms with van der Waals surface area (Å²) in [6.07, 6.45) is 0. The van der Waals surface area contributed by atoms with Gasteiger partial charge in [0.05, 0.1) is 34.0 Å². The molecule has 0 spiro atoms. The van der Waals surface area contributed by atoms with Crippen molar-refractivity contribution in [2.45, 2.75) is 0 Å². The lowest BCUT2D eigenvalue weighted by molar-refractivity contribution is 0.320. The number of hydrogen-bond donors (Lipinski definition) is 2. The van der Waals surface area contributed by atoms with Crippen LogP contribution in [-0.2, 0) is 0 Å². The number of anilines is 2. The number of ether oxygens (including phenoxy) is 4. The third kappa shape index (κ3) is 2.65. The lowest BCUT2D eigenvalue weighted by Crippen LogP contribution is -2.07. The average molecular weight is 331 g/mol. The number of rotatable bonds is 5. The molecule has 1 aromatic heterocycles. The molecule has 2 rings (SSSR count). The minimum atomic E-state index is -0.0830. The Kier molecular flexibility index (Phi) is 4.79. The summed E-state index contributed by atoms with van der Waals surface area (Å²) < 4.78 is 21.5. The second kappa shape index (κ2) is 6.78. The van der Waals surface area contributed by atoms with Crippen molar-refractivity contribution in [2.75, 3.05) is 39.9 Å². The van der Waals surface area contributed by atoms with E-state index in [0.717, 1.165) is 0 Å². The molecule has 0 bridgehead atoms. The van der Waals surface area contributed by atoms with Crippen molar-refractivity contribution in [2.24, 2.45) is 0 Å². The molecule has 0 aliphatic heterocycles. The van der Waals surface area contributed by atoms with Gasteiger partial charge >= 0.3 is 0 Å². The Morgan fingerprint density at radius 1 is 0.917 bits per heavy atom. The first-order valence-electron chi connectivity index (χ1n) is 6.72. The first-order valence-corrected chi connectivity index (χ1v) is 6.72. The van der Waals surface area contributed by atoms with Crippen LogP contribution in [0.4, 0.5) is 11.8 Å². The zero-order valence-corrected chi connectivity index (χ0v) is 13.7. The topological polar surface area (TPSA) is 139 Å². The molecule has 24 heavy (non-hydrogen) atoms. The normalized spacial score (nSPS) is 9.96. The highest BCUT2D eigenvalue weighted by Gasteiger charge is 2.27. The second-order valence-electron chi connectivity index (χ2n) is 4.53. The van der Waals surface area contributed by atoms with E-state index < -0.39 is 0 Å². The van der Waals surface area contributed by atoms with Gasteiger partial charge in [0.2, 0.25) is 11.7 Å². The smallest absolute Gasteiger partial charge is 0.222 e. The van der Waals surface area contributed by atoms with Crippen molar-refractivity contribution in [3.05, 3.63) is 11.6 Å². The van der Waals surface area contributed by atoms with E-state index in [4.69, 9.17) is 30.4 Å². The van der Waals surface area contributed by atoms with Crippen molar-refractivity contribution in [3.63, 3.8) is 0 Å². The lowest BCUT2D eigenvalue weighted by atomic mass is 10.0. The molecule has 1 aromatic carbocycles. The number of benzene rings is 1. The molecule has 0 amide bonds. The van der Waals surface area contributed by atoms with Crippen molar-refractivity contribution in [3.8, 4) is 40.3 Å². The summed E-state index contributed by atoms with van der Waals surface area (Å²) >= 11 is 0. The van der Waals surface area contributed by atoms with E-state index in [1.165, 1.54) is 28.4 Å². The quantitative estimate of drug-likeness (QED) is 0.827. The highest BCUT2D eigenvalue weighted by atomic mass is 16.5. The fraction of sp³-hybridized carbons (Fsp3) is 0.267. The molecule has 0 aliphatic rings. The summed E-state index contributed by atoms with van der Waals surface area (Å²) in [5.41, 5.74) is 12.1. The molecular weight excluding hydrogens is 314 g/mol. The molecule has 0 unspecified atom stereocenters. The molecule has 0 fully saturated rings. The van der Waals surface area contributed by atoms with Crippen molar-refractivity contribution >= 4 is 11.8 Å². The molecule has 9 nitrogen and oxygen atoms in total. The highest BCUT2D eigenvalue weighted by molar-refractivity contribution is 5.85. The highest BCUT2D eigenvalue weighted by Crippen LogP contribution is 2.50. The molecule has 0 saturated carbocycles. The fourth-order valence-corrected chi connectivity index (χ4v) is 2.31. The molecule has 0 atom stereocenters. The molecule has 4 N–H and O–H groups in total. The van der Waals surface area contributed by atoms with Crippen molar-refractivity contribution < 1.29 is 18.9 Å². The Morgan fingerprint density at radius 2 is 1.54 bits per heavy atom. The van der Waals surface area contributed by atoms with E-state index in [1.54, 1.807) is 6.07 Å². The molecule has 0 aliphatic carbocycles. The number of nitrogens with zero attached hydrogens (tertiary/aromatic N) is 3. The molecule has 0 radical (unpaired) electrons. The zero-order chi connectivity index (χ0) is 17.9. The summed E-state index contributed by atoms with van der Waals surface area (Å²) in [5, 5.41) is 9.42. The number of nitriles is 1. The van der Waals surface area contributed by atoms with Gasteiger partial charge in [-0.2, -0.15) is 10.2 Å². The van der Waals surface area contributed by atoms with Crippen LogP contribution >= 0.6 is 0 Å². The van der Waals surface area contributed by atoms with E-state index in [9.17, 15) is 5.26 Å². The van der Waals surface area contributed by atoms with Gasteiger partial charge < -0.3 is 30.4 Å². The first-order chi connectivity index (χ1) is 11.5. The summed E-state index contributed by atoms with van der Waals surface area (Å²) in [7, 11) is 5.85. The van der Waals surface area contributed by atoms with Gasteiger partial charge in [-0.3, -0.25) is 0 Å². The van der Waals surface area contributed by atoms with Gasteiger partial charge in [0.15, 0.2) is 11.5 Å². The van der Waals surface area contributed by atoms with Gasteiger partial charge in [-0.05, 0) is 0 Å². The predicted molar refractivity (Wildman–Crippen MR) is 87.2 cm³/mol. The van der Waals surface area contributed by atoms with Crippen LogP contribution in [0.5, 0.6) is 23.0 Å². The predicted octanol–water partition coefficient (Wildman–Crippen LogP) is 1.21. The Morgan fingerprint density at radius 3 is 2.04 bits per heavy atom. The van der Waals surface area contributed by atoms with Crippen LogP contribution in [0, 0.1) is 11.3 Å². The molecule has 126 valence electrons. The summed E-state index contributed by atoms with van der Waals surface area (Å²) in [5.74, 6) is 1.19. The van der Waals surface area contributed by atoms with Gasteiger partial charge in [0, 0.05) is 6.07 Å². The monoisotopic (exact) mass is 331 g/mol. The number of methoxy groups -OCH3 is 4. The molecular formula is C15H17N5O4. The largest absolute Gasteiger partial charge is 0.496 e. The minimum Gasteiger partial charge on any atom is -0.496 e. The van der Waals surface area contributed by atoms with Gasteiger partial charge in [-0.1, -0.05) is 0 Å².